The number of rotatable bonds is 6. The van der Waals surface area contributed by atoms with Crippen LogP contribution >= 0.6 is 0 Å². The van der Waals surface area contributed by atoms with E-state index in [1.165, 1.54) is 4.31 Å². The van der Waals surface area contributed by atoms with Crippen LogP contribution < -0.4 is 5.73 Å². The lowest BCUT2D eigenvalue weighted by Gasteiger charge is -2.38. The molecule has 0 spiro atoms. The molecule has 0 amide bonds. The van der Waals surface area contributed by atoms with E-state index in [1.807, 2.05) is 6.92 Å². The van der Waals surface area contributed by atoms with Crippen molar-refractivity contribution in [2.45, 2.75) is 58.0 Å². The van der Waals surface area contributed by atoms with Gasteiger partial charge in [-0.3, -0.25) is 0 Å². The van der Waals surface area contributed by atoms with E-state index < -0.39 is 10.2 Å². The Morgan fingerprint density at radius 1 is 1.44 bits per heavy atom. The van der Waals surface area contributed by atoms with Gasteiger partial charge in [0.1, 0.15) is 0 Å². The number of nitrogens with zero attached hydrogens (tertiary/aromatic N) is 2. The number of hydrogen-bond acceptors (Lipinski definition) is 3. The van der Waals surface area contributed by atoms with Crippen molar-refractivity contribution >= 4 is 10.2 Å². The average molecular weight is 277 g/mol. The van der Waals surface area contributed by atoms with Crippen LogP contribution in [0.4, 0.5) is 0 Å². The SMILES string of the molecule is CCCCN(C)S(=O)(=O)N1CCCCC1C(C)N. The molecule has 18 heavy (non-hydrogen) atoms. The fourth-order valence-corrected chi connectivity index (χ4v) is 4.14. The molecule has 0 aromatic carbocycles. The molecule has 2 N–H and O–H groups in total. The highest BCUT2D eigenvalue weighted by atomic mass is 32.2. The molecular weight excluding hydrogens is 250 g/mol. The van der Waals surface area contributed by atoms with E-state index in [9.17, 15) is 8.42 Å². The van der Waals surface area contributed by atoms with Crippen molar-refractivity contribution < 1.29 is 8.42 Å². The summed E-state index contributed by atoms with van der Waals surface area (Å²) in [5.41, 5.74) is 5.93. The molecular formula is C12H27N3O2S. The first-order chi connectivity index (χ1) is 8.41. The van der Waals surface area contributed by atoms with Gasteiger partial charge in [-0.05, 0) is 26.2 Å². The highest BCUT2D eigenvalue weighted by Crippen LogP contribution is 2.23. The molecule has 1 aliphatic rings. The molecule has 108 valence electrons. The Balaban J connectivity index is 2.80. The van der Waals surface area contributed by atoms with E-state index >= 15 is 0 Å². The Morgan fingerprint density at radius 2 is 2.11 bits per heavy atom. The van der Waals surface area contributed by atoms with E-state index in [4.69, 9.17) is 5.73 Å². The Hall–Kier alpha value is -0.170. The zero-order chi connectivity index (χ0) is 13.8. The van der Waals surface area contributed by atoms with E-state index in [0.29, 0.717) is 13.1 Å². The Morgan fingerprint density at radius 3 is 2.67 bits per heavy atom. The van der Waals surface area contributed by atoms with Crippen LogP contribution in [-0.4, -0.2) is 49.2 Å². The van der Waals surface area contributed by atoms with Crippen molar-refractivity contribution in [1.82, 2.24) is 8.61 Å². The molecule has 5 nitrogen and oxygen atoms in total. The molecule has 0 aliphatic carbocycles. The maximum atomic E-state index is 12.5. The molecule has 6 heteroatoms. The highest BCUT2D eigenvalue weighted by Gasteiger charge is 2.36. The summed E-state index contributed by atoms with van der Waals surface area (Å²) in [6.45, 7) is 5.14. The van der Waals surface area contributed by atoms with Gasteiger partial charge in [-0.25, -0.2) is 0 Å². The van der Waals surface area contributed by atoms with E-state index in [-0.39, 0.29) is 12.1 Å². The molecule has 1 fully saturated rings. The quantitative estimate of drug-likeness (QED) is 0.792. The van der Waals surface area contributed by atoms with Gasteiger partial charge in [0, 0.05) is 32.2 Å². The molecule has 0 radical (unpaired) electrons. The second-order valence-electron chi connectivity index (χ2n) is 5.22. The molecule has 2 unspecified atom stereocenters. The monoisotopic (exact) mass is 277 g/mol. The third-order valence-corrected chi connectivity index (χ3v) is 5.64. The van der Waals surface area contributed by atoms with Crippen LogP contribution in [0.5, 0.6) is 0 Å². The first-order valence-corrected chi connectivity index (χ1v) is 8.29. The van der Waals surface area contributed by atoms with Gasteiger partial charge in [0.05, 0.1) is 0 Å². The standard InChI is InChI=1S/C12H27N3O2S/c1-4-5-9-14(3)18(16,17)15-10-7-6-8-12(15)11(2)13/h11-12H,4-10,13H2,1-3H3. The van der Waals surface area contributed by atoms with Crippen LogP contribution in [0.15, 0.2) is 0 Å². The molecule has 1 aliphatic heterocycles. The maximum absolute atomic E-state index is 12.5. The minimum atomic E-state index is -3.34. The Bertz CT molecular complexity index is 343. The predicted octanol–water partition coefficient (Wildman–Crippen LogP) is 1.16. The molecule has 2 atom stereocenters. The van der Waals surface area contributed by atoms with Crippen molar-refractivity contribution in [1.29, 1.82) is 0 Å². The Kier molecular flexibility index (Phi) is 6.04. The van der Waals surface area contributed by atoms with Gasteiger partial charge in [0.2, 0.25) is 0 Å². The highest BCUT2D eigenvalue weighted by molar-refractivity contribution is 7.86. The molecule has 1 saturated heterocycles. The zero-order valence-corrected chi connectivity index (χ0v) is 12.6. The molecule has 0 saturated carbocycles. The second-order valence-corrected chi connectivity index (χ2v) is 7.20. The van der Waals surface area contributed by atoms with Crippen molar-refractivity contribution in [3.05, 3.63) is 0 Å². The fourth-order valence-electron chi connectivity index (χ4n) is 2.42. The normalized spacial score (nSPS) is 24.4. The number of nitrogens with two attached hydrogens (primary N) is 1. The molecule has 1 heterocycles. The fraction of sp³-hybridized carbons (Fsp3) is 1.00. The summed E-state index contributed by atoms with van der Waals surface area (Å²) in [4.78, 5) is 0. The lowest BCUT2D eigenvalue weighted by molar-refractivity contribution is 0.213. The Labute approximate surface area is 112 Å². The van der Waals surface area contributed by atoms with Crippen molar-refractivity contribution in [3.8, 4) is 0 Å². The summed E-state index contributed by atoms with van der Waals surface area (Å²) in [6.07, 6.45) is 4.77. The minimum absolute atomic E-state index is 0.0483. The first kappa shape index (κ1) is 15.9. The summed E-state index contributed by atoms with van der Waals surface area (Å²) < 4.78 is 28.1. The molecule has 1 rings (SSSR count). The van der Waals surface area contributed by atoms with Crippen LogP contribution in [0, 0.1) is 0 Å². The lowest BCUT2D eigenvalue weighted by atomic mass is 10.00. The van der Waals surface area contributed by atoms with Crippen LogP contribution in [0.1, 0.15) is 46.0 Å². The topological polar surface area (TPSA) is 66.6 Å². The smallest absolute Gasteiger partial charge is 0.282 e. The van der Waals surface area contributed by atoms with Gasteiger partial charge in [0.15, 0.2) is 0 Å². The first-order valence-electron chi connectivity index (χ1n) is 6.90. The van der Waals surface area contributed by atoms with Gasteiger partial charge in [-0.2, -0.15) is 17.0 Å². The van der Waals surface area contributed by atoms with Crippen LogP contribution in [0.2, 0.25) is 0 Å². The second kappa shape index (κ2) is 6.84. The number of hydrogen-bond donors (Lipinski definition) is 1. The zero-order valence-electron chi connectivity index (χ0n) is 11.8. The van der Waals surface area contributed by atoms with E-state index in [2.05, 4.69) is 6.92 Å². The van der Waals surface area contributed by atoms with Crippen molar-refractivity contribution in [3.63, 3.8) is 0 Å². The summed E-state index contributed by atoms with van der Waals surface area (Å²) >= 11 is 0. The van der Waals surface area contributed by atoms with Crippen molar-refractivity contribution in [2.24, 2.45) is 5.73 Å². The predicted molar refractivity (Wildman–Crippen MR) is 74.5 cm³/mol. The summed E-state index contributed by atoms with van der Waals surface area (Å²) in [6, 6.07) is -0.160. The van der Waals surface area contributed by atoms with Gasteiger partial charge >= 0.3 is 0 Å². The average Bonchev–Trinajstić information content (AvgIpc) is 2.35. The molecule has 0 bridgehead atoms. The summed E-state index contributed by atoms with van der Waals surface area (Å²) in [5.74, 6) is 0. The lowest BCUT2D eigenvalue weighted by Crippen LogP contribution is -2.55. The number of piperidine rings is 1. The molecule has 0 aromatic heterocycles. The molecule has 0 aromatic rings. The van der Waals surface area contributed by atoms with Gasteiger partial charge in [-0.15, -0.1) is 0 Å². The third-order valence-electron chi connectivity index (χ3n) is 3.62. The van der Waals surface area contributed by atoms with Crippen LogP contribution in [-0.2, 0) is 10.2 Å². The van der Waals surface area contributed by atoms with Crippen LogP contribution in [0.3, 0.4) is 0 Å². The minimum Gasteiger partial charge on any atom is -0.326 e. The van der Waals surface area contributed by atoms with Gasteiger partial charge < -0.3 is 5.73 Å². The van der Waals surface area contributed by atoms with Gasteiger partial charge in [-0.1, -0.05) is 19.8 Å². The van der Waals surface area contributed by atoms with Crippen LogP contribution in [0.25, 0.3) is 0 Å². The summed E-state index contributed by atoms with van der Waals surface area (Å²) in [7, 11) is -1.68. The number of unbranched alkanes of at least 4 members (excludes halogenated alkanes) is 1. The van der Waals surface area contributed by atoms with E-state index in [1.54, 1.807) is 11.4 Å². The van der Waals surface area contributed by atoms with E-state index in [0.717, 1.165) is 32.1 Å². The summed E-state index contributed by atoms with van der Waals surface area (Å²) in [5, 5.41) is 0. The van der Waals surface area contributed by atoms with Crippen molar-refractivity contribution in [2.75, 3.05) is 20.1 Å². The maximum Gasteiger partial charge on any atom is 0.282 e. The third kappa shape index (κ3) is 3.66. The largest absolute Gasteiger partial charge is 0.326 e. The van der Waals surface area contributed by atoms with Gasteiger partial charge in [0.25, 0.3) is 10.2 Å².